The van der Waals surface area contributed by atoms with Crippen LogP contribution < -0.4 is 19.4 Å². The third-order valence-corrected chi connectivity index (χ3v) is 6.02. The molecule has 1 aromatic carbocycles. The van der Waals surface area contributed by atoms with Crippen LogP contribution in [0.25, 0.3) is 0 Å². The molecule has 1 unspecified atom stereocenters. The maximum absolute atomic E-state index is 5.26. The average Bonchev–Trinajstić information content (AvgIpc) is 2.79. The summed E-state index contributed by atoms with van der Waals surface area (Å²) in [5, 5.41) is 0. The van der Waals surface area contributed by atoms with E-state index in [1.807, 2.05) is 18.3 Å². The number of hydrogen-bond acceptors (Lipinski definition) is 6. The van der Waals surface area contributed by atoms with Gasteiger partial charge in [0.1, 0.15) is 11.6 Å². The lowest BCUT2D eigenvalue weighted by molar-refractivity contribution is 0.415. The number of hydrogen-bond donors (Lipinski definition) is 0. The summed E-state index contributed by atoms with van der Waals surface area (Å²) in [6.07, 6.45) is 6.97. The van der Waals surface area contributed by atoms with Crippen LogP contribution >= 0.6 is 0 Å². The Bertz CT molecular complexity index is 758. The standard InChI is InChI=1S/C22H31N5O/c1-3-18-6-4-5-13-27(18)21-11-12-23-22(24-21)26-16-14-25(15-17-26)19-7-9-20(28-2)10-8-19/h7-12,18H,3-6,13-17H2,1-2H3. The fraction of sp³-hybridized carbons (Fsp3) is 0.545. The number of methoxy groups -OCH3 is 1. The van der Waals surface area contributed by atoms with Crippen LogP contribution in [0.2, 0.25) is 0 Å². The Balaban J connectivity index is 1.41. The number of aromatic nitrogens is 2. The molecular formula is C22H31N5O. The first-order valence-electron chi connectivity index (χ1n) is 10.5. The molecule has 0 amide bonds. The van der Waals surface area contributed by atoms with Crippen LogP contribution in [0.4, 0.5) is 17.5 Å². The maximum Gasteiger partial charge on any atom is 0.227 e. The van der Waals surface area contributed by atoms with E-state index in [9.17, 15) is 0 Å². The van der Waals surface area contributed by atoms with Crippen molar-refractivity contribution in [2.45, 2.75) is 38.6 Å². The van der Waals surface area contributed by atoms with E-state index in [0.29, 0.717) is 6.04 Å². The highest BCUT2D eigenvalue weighted by Crippen LogP contribution is 2.27. The molecule has 0 bridgehead atoms. The van der Waals surface area contributed by atoms with Crippen molar-refractivity contribution in [3.63, 3.8) is 0 Å². The van der Waals surface area contributed by atoms with E-state index in [2.05, 4.69) is 44.8 Å². The Morgan fingerprint density at radius 3 is 2.43 bits per heavy atom. The minimum atomic E-state index is 0.614. The Labute approximate surface area is 168 Å². The lowest BCUT2D eigenvalue weighted by atomic mass is 10.0. The molecule has 0 radical (unpaired) electrons. The van der Waals surface area contributed by atoms with Gasteiger partial charge >= 0.3 is 0 Å². The molecule has 1 aromatic heterocycles. The van der Waals surface area contributed by atoms with E-state index in [4.69, 9.17) is 9.72 Å². The van der Waals surface area contributed by atoms with Crippen LogP contribution in [0, 0.1) is 0 Å². The molecule has 0 aliphatic carbocycles. The van der Waals surface area contributed by atoms with E-state index in [1.165, 1.54) is 31.4 Å². The van der Waals surface area contributed by atoms with E-state index >= 15 is 0 Å². The zero-order chi connectivity index (χ0) is 19.3. The first-order valence-corrected chi connectivity index (χ1v) is 10.5. The van der Waals surface area contributed by atoms with Crippen molar-refractivity contribution >= 4 is 17.5 Å². The molecule has 3 heterocycles. The van der Waals surface area contributed by atoms with Gasteiger partial charge in [-0.15, -0.1) is 0 Å². The molecule has 6 nitrogen and oxygen atoms in total. The molecule has 2 aliphatic rings. The van der Waals surface area contributed by atoms with Crippen molar-refractivity contribution in [3.05, 3.63) is 36.5 Å². The van der Waals surface area contributed by atoms with Crippen molar-refractivity contribution in [2.75, 3.05) is 54.5 Å². The second kappa shape index (κ2) is 8.67. The highest BCUT2D eigenvalue weighted by Gasteiger charge is 2.24. The van der Waals surface area contributed by atoms with Crippen LogP contribution in [0.15, 0.2) is 36.5 Å². The first kappa shape index (κ1) is 18.8. The zero-order valence-corrected chi connectivity index (χ0v) is 17.0. The fourth-order valence-corrected chi connectivity index (χ4v) is 4.34. The van der Waals surface area contributed by atoms with Crippen molar-refractivity contribution < 1.29 is 4.74 Å². The van der Waals surface area contributed by atoms with Crippen LogP contribution in [-0.2, 0) is 0 Å². The Kier molecular flexibility index (Phi) is 5.84. The summed E-state index contributed by atoms with van der Waals surface area (Å²) < 4.78 is 5.26. The molecule has 2 aromatic rings. The second-order valence-corrected chi connectivity index (χ2v) is 7.64. The molecule has 2 saturated heterocycles. The van der Waals surface area contributed by atoms with Gasteiger partial charge in [-0.1, -0.05) is 6.92 Å². The number of piperidine rings is 1. The molecule has 150 valence electrons. The van der Waals surface area contributed by atoms with Crippen molar-refractivity contribution in [2.24, 2.45) is 0 Å². The molecule has 6 heteroatoms. The molecule has 0 saturated carbocycles. The molecular weight excluding hydrogens is 350 g/mol. The smallest absolute Gasteiger partial charge is 0.227 e. The summed E-state index contributed by atoms with van der Waals surface area (Å²) in [5.41, 5.74) is 1.24. The largest absolute Gasteiger partial charge is 0.497 e. The van der Waals surface area contributed by atoms with Crippen LogP contribution in [0.3, 0.4) is 0 Å². The third-order valence-electron chi connectivity index (χ3n) is 6.02. The lowest BCUT2D eigenvalue weighted by Crippen LogP contribution is -2.47. The quantitative estimate of drug-likeness (QED) is 0.789. The summed E-state index contributed by atoms with van der Waals surface area (Å²) in [6.45, 7) is 7.21. The van der Waals surface area contributed by atoms with E-state index < -0.39 is 0 Å². The highest BCUT2D eigenvalue weighted by atomic mass is 16.5. The average molecular weight is 382 g/mol. The van der Waals surface area contributed by atoms with E-state index in [1.54, 1.807) is 7.11 Å². The van der Waals surface area contributed by atoms with E-state index in [0.717, 1.165) is 50.2 Å². The number of benzene rings is 1. The topological polar surface area (TPSA) is 44.7 Å². The number of ether oxygens (including phenoxy) is 1. The molecule has 0 spiro atoms. The van der Waals surface area contributed by atoms with Crippen LogP contribution in [-0.4, -0.2) is 55.8 Å². The maximum atomic E-state index is 5.26. The number of rotatable bonds is 5. The third kappa shape index (κ3) is 4.01. The molecule has 2 fully saturated rings. The predicted molar refractivity (Wildman–Crippen MR) is 115 cm³/mol. The van der Waals surface area contributed by atoms with Gasteiger partial charge in [0.15, 0.2) is 0 Å². The Morgan fingerprint density at radius 1 is 0.964 bits per heavy atom. The number of nitrogens with zero attached hydrogens (tertiary/aromatic N) is 5. The molecule has 0 N–H and O–H groups in total. The molecule has 2 aliphatic heterocycles. The lowest BCUT2D eigenvalue weighted by Gasteiger charge is -2.38. The number of piperazine rings is 1. The normalized spacial score (nSPS) is 20.4. The van der Waals surface area contributed by atoms with Crippen molar-refractivity contribution in [1.82, 2.24) is 9.97 Å². The molecule has 1 atom stereocenters. The Hall–Kier alpha value is -2.50. The zero-order valence-electron chi connectivity index (χ0n) is 17.0. The fourth-order valence-electron chi connectivity index (χ4n) is 4.34. The van der Waals surface area contributed by atoms with Gasteiger partial charge in [0, 0.05) is 50.6 Å². The van der Waals surface area contributed by atoms with Gasteiger partial charge in [-0.05, 0) is 56.0 Å². The van der Waals surface area contributed by atoms with Gasteiger partial charge in [-0.3, -0.25) is 0 Å². The van der Waals surface area contributed by atoms with Gasteiger partial charge in [-0.2, -0.15) is 4.98 Å². The van der Waals surface area contributed by atoms with Gasteiger partial charge in [0.05, 0.1) is 7.11 Å². The van der Waals surface area contributed by atoms with Gasteiger partial charge in [-0.25, -0.2) is 4.98 Å². The van der Waals surface area contributed by atoms with E-state index in [-0.39, 0.29) is 0 Å². The summed E-state index contributed by atoms with van der Waals surface area (Å²) in [5.74, 6) is 2.86. The van der Waals surface area contributed by atoms with Crippen molar-refractivity contribution in [3.8, 4) is 5.75 Å². The summed E-state index contributed by atoms with van der Waals surface area (Å²) in [4.78, 5) is 16.7. The second-order valence-electron chi connectivity index (χ2n) is 7.64. The predicted octanol–water partition coefficient (Wildman–Crippen LogP) is 3.58. The van der Waals surface area contributed by atoms with Crippen LogP contribution in [0.5, 0.6) is 5.75 Å². The molecule has 4 rings (SSSR count). The van der Waals surface area contributed by atoms with Gasteiger partial charge < -0.3 is 19.4 Å². The number of anilines is 3. The molecule has 28 heavy (non-hydrogen) atoms. The monoisotopic (exact) mass is 381 g/mol. The highest BCUT2D eigenvalue weighted by molar-refractivity contribution is 5.51. The minimum absolute atomic E-state index is 0.614. The SMILES string of the molecule is CCC1CCCCN1c1ccnc(N2CCN(c3ccc(OC)cc3)CC2)n1. The Morgan fingerprint density at radius 2 is 1.71 bits per heavy atom. The summed E-state index contributed by atoms with van der Waals surface area (Å²) in [6, 6.07) is 11.0. The summed E-state index contributed by atoms with van der Waals surface area (Å²) >= 11 is 0. The first-order chi connectivity index (χ1) is 13.8. The van der Waals surface area contributed by atoms with Crippen molar-refractivity contribution in [1.29, 1.82) is 0 Å². The summed E-state index contributed by atoms with van der Waals surface area (Å²) in [7, 11) is 1.70. The van der Waals surface area contributed by atoms with Gasteiger partial charge in [0.2, 0.25) is 5.95 Å². The van der Waals surface area contributed by atoms with Gasteiger partial charge in [0.25, 0.3) is 0 Å². The minimum Gasteiger partial charge on any atom is -0.497 e. The van der Waals surface area contributed by atoms with Crippen LogP contribution in [0.1, 0.15) is 32.6 Å².